The summed E-state index contributed by atoms with van der Waals surface area (Å²) >= 11 is 6.29. The minimum atomic E-state index is -0.571. The van der Waals surface area contributed by atoms with Gasteiger partial charge in [0.05, 0.1) is 6.10 Å². The molecule has 0 aliphatic carbocycles. The third-order valence-electron chi connectivity index (χ3n) is 3.51. The third kappa shape index (κ3) is 3.58. The summed E-state index contributed by atoms with van der Waals surface area (Å²) in [5.74, 6) is 1.77. The second-order valence-corrected chi connectivity index (χ2v) is 6.02. The molecule has 2 nitrogen and oxygen atoms in total. The molecular formula is C18H21ClO2. The summed E-state index contributed by atoms with van der Waals surface area (Å²) in [4.78, 5) is 0. The number of hydrogen-bond acceptors (Lipinski definition) is 2. The molecule has 0 saturated heterocycles. The third-order valence-corrected chi connectivity index (χ3v) is 3.83. The Morgan fingerprint density at radius 2 is 1.67 bits per heavy atom. The van der Waals surface area contributed by atoms with E-state index in [2.05, 4.69) is 13.8 Å². The quantitative estimate of drug-likeness (QED) is 0.794. The molecule has 1 N–H and O–H groups in total. The molecule has 2 rings (SSSR count). The smallest absolute Gasteiger partial charge is 0.133 e. The van der Waals surface area contributed by atoms with Crippen LogP contribution in [0.1, 0.15) is 49.5 Å². The molecule has 0 unspecified atom stereocenters. The van der Waals surface area contributed by atoms with Crippen LogP contribution in [0, 0.1) is 6.92 Å². The fourth-order valence-corrected chi connectivity index (χ4v) is 2.69. The van der Waals surface area contributed by atoms with Crippen LogP contribution >= 0.6 is 11.6 Å². The number of hydrogen-bond donors (Lipinski definition) is 1. The van der Waals surface area contributed by atoms with Crippen LogP contribution in [-0.4, -0.2) is 5.11 Å². The van der Waals surface area contributed by atoms with Crippen LogP contribution in [0.3, 0.4) is 0 Å². The van der Waals surface area contributed by atoms with E-state index in [-0.39, 0.29) is 0 Å². The van der Waals surface area contributed by atoms with Crippen molar-refractivity contribution in [3.63, 3.8) is 0 Å². The van der Waals surface area contributed by atoms with Gasteiger partial charge in [-0.3, -0.25) is 0 Å². The molecule has 0 heterocycles. The van der Waals surface area contributed by atoms with Crippen molar-refractivity contribution in [2.45, 2.75) is 39.7 Å². The van der Waals surface area contributed by atoms with Crippen molar-refractivity contribution in [3.8, 4) is 11.5 Å². The monoisotopic (exact) mass is 304 g/mol. The van der Waals surface area contributed by atoms with Crippen LogP contribution in [0.4, 0.5) is 0 Å². The van der Waals surface area contributed by atoms with E-state index < -0.39 is 6.10 Å². The van der Waals surface area contributed by atoms with Crippen molar-refractivity contribution in [2.75, 3.05) is 0 Å². The number of ether oxygens (including phenoxy) is 1. The van der Waals surface area contributed by atoms with E-state index in [4.69, 9.17) is 16.3 Å². The fraction of sp³-hybridized carbons (Fsp3) is 0.333. The van der Waals surface area contributed by atoms with E-state index in [9.17, 15) is 5.11 Å². The lowest BCUT2D eigenvalue weighted by atomic mass is 10.0. The second kappa shape index (κ2) is 6.50. The van der Waals surface area contributed by atoms with Gasteiger partial charge in [0.15, 0.2) is 0 Å². The number of rotatable bonds is 4. The van der Waals surface area contributed by atoms with E-state index in [1.54, 1.807) is 6.92 Å². The Morgan fingerprint density at radius 3 is 2.29 bits per heavy atom. The molecule has 0 bridgehead atoms. The Balaban J connectivity index is 2.43. The van der Waals surface area contributed by atoms with Crippen LogP contribution in [0.15, 0.2) is 36.4 Å². The highest BCUT2D eigenvalue weighted by atomic mass is 35.5. The number of aliphatic hydroxyl groups is 1. The van der Waals surface area contributed by atoms with E-state index in [0.29, 0.717) is 11.7 Å². The van der Waals surface area contributed by atoms with Gasteiger partial charge in [-0.05, 0) is 49.1 Å². The first-order chi connectivity index (χ1) is 9.90. The second-order valence-electron chi connectivity index (χ2n) is 5.61. The Kier molecular flexibility index (Phi) is 4.92. The molecule has 2 aromatic rings. The van der Waals surface area contributed by atoms with Gasteiger partial charge in [-0.2, -0.15) is 0 Å². The summed E-state index contributed by atoms with van der Waals surface area (Å²) in [6.07, 6.45) is -0.571. The van der Waals surface area contributed by atoms with Crippen molar-refractivity contribution < 1.29 is 9.84 Å². The van der Waals surface area contributed by atoms with E-state index >= 15 is 0 Å². The highest BCUT2D eigenvalue weighted by molar-refractivity contribution is 6.31. The Morgan fingerprint density at radius 1 is 1.00 bits per heavy atom. The van der Waals surface area contributed by atoms with E-state index in [0.717, 1.165) is 27.5 Å². The number of aryl methyl sites for hydroxylation is 1. The molecule has 0 spiro atoms. The number of para-hydroxylation sites is 1. The molecule has 0 saturated carbocycles. The molecule has 112 valence electrons. The lowest BCUT2D eigenvalue weighted by molar-refractivity contribution is 0.195. The molecule has 0 aromatic heterocycles. The van der Waals surface area contributed by atoms with E-state index in [1.165, 1.54) is 0 Å². The lowest BCUT2D eigenvalue weighted by Crippen LogP contribution is -1.98. The number of halogens is 1. The molecule has 2 aromatic carbocycles. The minimum Gasteiger partial charge on any atom is -0.457 e. The molecule has 1 atom stereocenters. The van der Waals surface area contributed by atoms with Gasteiger partial charge >= 0.3 is 0 Å². The van der Waals surface area contributed by atoms with Crippen molar-refractivity contribution in [1.82, 2.24) is 0 Å². The molecule has 0 radical (unpaired) electrons. The van der Waals surface area contributed by atoms with Gasteiger partial charge in [-0.25, -0.2) is 0 Å². The van der Waals surface area contributed by atoms with Crippen LogP contribution in [0.5, 0.6) is 11.5 Å². The van der Waals surface area contributed by atoms with Crippen LogP contribution in [0.2, 0.25) is 5.02 Å². The normalized spacial score (nSPS) is 12.5. The number of aliphatic hydroxyl groups excluding tert-OH is 1. The standard InChI is InChI=1S/C18H21ClO2/c1-11(2)15-10-18(12(3)9-16(15)19)21-17-8-6-5-7-14(17)13(4)20/h5-11,13,20H,1-4H3/t13-/m1/s1. The zero-order chi connectivity index (χ0) is 15.6. The first kappa shape index (κ1) is 15.9. The first-order valence-electron chi connectivity index (χ1n) is 7.15. The molecule has 0 aliphatic heterocycles. The van der Waals surface area contributed by atoms with Gasteiger partial charge < -0.3 is 9.84 Å². The molecule has 3 heteroatoms. The molecule has 0 aliphatic rings. The summed E-state index contributed by atoms with van der Waals surface area (Å²) in [6, 6.07) is 11.4. The molecular weight excluding hydrogens is 284 g/mol. The molecule has 21 heavy (non-hydrogen) atoms. The van der Waals surface area contributed by atoms with Crippen molar-refractivity contribution in [3.05, 3.63) is 58.1 Å². The topological polar surface area (TPSA) is 29.5 Å². The maximum atomic E-state index is 9.84. The Labute approximate surface area is 131 Å². The summed E-state index contributed by atoms with van der Waals surface area (Å²) in [7, 11) is 0. The summed E-state index contributed by atoms with van der Waals surface area (Å²) in [5.41, 5.74) is 2.81. The largest absolute Gasteiger partial charge is 0.457 e. The highest BCUT2D eigenvalue weighted by Gasteiger charge is 2.13. The number of benzene rings is 2. The first-order valence-corrected chi connectivity index (χ1v) is 7.52. The fourth-order valence-electron chi connectivity index (χ4n) is 2.26. The van der Waals surface area contributed by atoms with Crippen LogP contribution in [0.25, 0.3) is 0 Å². The Hall–Kier alpha value is -1.51. The van der Waals surface area contributed by atoms with Gasteiger partial charge in [-0.15, -0.1) is 0 Å². The predicted octanol–water partition coefficient (Wildman–Crippen LogP) is 5.62. The van der Waals surface area contributed by atoms with Crippen molar-refractivity contribution in [1.29, 1.82) is 0 Å². The zero-order valence-corrected chi connectivity index (χ0v) is 13.6. The minimum absolute atomic E-state index is 0.326. The average Bonchev–Trinajstić information content (AvgIpc) is 2.41. The zero-order valence-electron chi connectivity index (χ0n) is 12.9. The van der Waals surface area contributed by atoms with Crippen molar-refractivity contribution >= 4 is 11.6 Å². The van der Waals surface area contributed by atoms with Gasteiger partial charge in [0.2, 0.25) is 0 Å². The highest BCUT2D eigenvalue weighted by Crippen LogP contribution is 2.35. The molecule has 0 fully saturated rings. The van der Waals surface area contributed by atoms with Gasteiger partial charge in [0.1, 0.15) is 11.5 Å². The average molecular weight is 305 g/mol. The summed E-state index contributed by atoms with van der Waals surface area (Å²) < 4.78 is 6.03. The maximum absolute atomic E-state index is 9.84. The van der Waals surface area contributed by atoms with Crippen LogP contribution in [-0.2, 0) is 0 Å². The predicted molar refractivity (Wildman–Crippen MR) is 87.4 cm³/mol. The van der Waals surface area contributed by atoms with Crippen LogP contribution < -0.4 is 4.74 Å². The molecule has 0 amide bonds. The SMILES string of the molecule is Cc1cc(Cl)c(C(C)C)cc1Oc1ccccc1[C@@H](C)O. The maximum Gasteiger partial charge on any atom is 0.133 e. The summed E-state index contributed by atoms with van der Waals surface area (Å²) in [6.45, 7) is 7.90. The van der Waals surface area contributed by atoms with E-state index in [1.807, 2.05) is 43.3 Å². The summed E-state index contributed by atoms with van der Waals surface area (Å²) in [5, 5.41) is 10.6. The lowest BCUT2D eigenvalue weighted by Gasteiger charge is -2.17. The van der Waals surface area contributed by atoms with Gasteiger partial charge in [-0.1, -0.05) is 43.6 Å². The van der Waals surface area contributed by atoms with Gasteiger partial charge in [0, 0.05) is 10.6 Å². The van der Waals surface area contributed by atoms with Gasteiger partial charge in [0.25, 0.3) is 0 Å². The van der Waals surface area contributed by atoms with Crippen molar-refractivity contribution in [2.24, 2.45) is 0 Å². The Bertz CT molecular complexity index is 633.